The molecule has 0 radical (unpaired) electrons. The maximum absolute atomic E-state index is 9.79. The average molecular weight is 273 g/mol. The number of aromatic hydroxyl groups is 1. The summed E-state index contributed by atoms with van der Waals surface area (Å²) in [7, 11) is 1.59. The van der Waals surface area contributed by atoms with Crippen molar-refractivity contribution < 1.29 is 9.84 Å². The standard InChI is InChI=1S/C12H17BrO2/c1-12(2,8-13)7-9-4-5-10(15-3)6-11(9)14/h4-6,14H,7-8H2,1-3H3. The van der Waals surface area contributed by atoms with Gasteiger partial charge in [0.05, 0.1) is 7.11 Å². The first-order chi connectivity index (χ1) is 6.98. The third-order valence-electron chi connectivity index (χ3n) is 2.32. The van der Waals surface area contributed by atoms with Crippen molar-refractivity contribution in [1.29, 1.82) is 0 Å². The molecule has 2 nitrogen and oxygen atoms in total. The van der Waals surface area contributed by atoms with Crippen molar-refractivity contribution in [1.82, 2.24) is 0 Å². The second-order valence-electron chi connectivity index (χ2n) is 4.47. The van der Waals surface area contributed by atoms with Crippen LogP contribution in [-0.2, 0) is 6.42 Å². The van der Waals surface area contributed by atoms with E-state index in [-0.39, 0.29) is 5.41 Å². The summed E-state index contributed by atoms with van der Waals surface area (Å²) in [6, 6.07) is 5.44. The van der Waals surface area contributed by atoms with Crippen LogP contribution in [0.25, 0.3) is 0 Å². The molecule has 84 valence electrons. The first-order valence-electron chi connectivity index (χ1n) is 4.90. The number of methoxy groups -OCH3 is 1. The number of rotatable bonds is 4. The highest BCUT2D eigenvalue weighted by Gasteiger charge is 2.18. The number of halogens is 1. The molecule has 0 unspecified atom stereocenters. The fourth-order valence-corrected chi connectivity index (χ4v) is 1.58. The zero-order valence-electron chi connectivity index (χ0n) is 9.38. The monoisotopic (exact) mass is 272 g/mol. The van der Waals surface area contributed by atoms with Crippen LogP contribution in [0.4, 0.5) is 0 Å². The second kappa shape index (κ2) is 4.88. The van der Waals surface area contributed by atoms with Crippen LogP contribution in [0, 0.1) is 5.41 Å². The predicted octanol–water partition coefficient (Wildman–Crippen LogP) is 3.36. The molecular formula is C12H17BrO2. The third-order valence-corrected chi connectivity index (χ3v) is 3.84. The van der Waals surface area contributed by atoms with Gasteiger partial charge >= 0.3 is 0 Å². The fourth-order valence-electron chi connectivity index (χ4n) is 1.38. The van der Waals surface area contributed by atoms with E-state index in [4.69, 9.17) is 4.74 Å². The van der Waals surface area contributed by atoms with E-state index in [0.29, 0.717) is 11.5 Å². The van der Waals surface area contributed by atoms with Crippen molar-refractivity contribution in [2.45, 2.75) is 20.3 Å². The highest BCUT2D eigenvalue weighted by atomic mass is 79.9. The summed E-state index contributed by atoms with van der Waals surface area (Å²) >= 11 is 3.47. The lowest BCUT2D eigenvalue weighted by molar-refractivity contribution is 0.393. The number of hydrogen-bond donors (Lipinski definition) is 1. The molecule has 1 aromatic rings. The molecule has 0 aliphatic rings. The van der Waals surface area contributed by atoms with Gasteiger partial charge in [0.1, 0.15) is 11.5 Å². The highest BCUT2D eigenvalue weighted by Crippen LogP contribution is 2.30. The Balaban J connectivity index is 2.87. The highest BCUT2D eigenvalue weighted by molar-refractivity contribution is 9.09. The van der Waals surface area contributed by atoms with Gasteiger partial charge in [-0.3, -0.25) is 0 Å². The number of phenolic OH excluding ortho intramolecular Hbond substituents is 1. The number of ether oxygens (including phenoxy) is 1. The van der Waals surface area contributed by atoms with Crippen LogP contribution in [0.15, 0.2) is 18.2 Å². The van der Waals surface area contributed by atoms with E-state index in [0.717, 1.165) is 17.3 Å². The van der Waals surface area contributed by atoms with Gasteiger partial charge in [0.15, 0.2) is 0 Å². The van der Waals surface area contributed by atoms with Gasteiger partial charge in [0.25, 0.3) is 0 Å². The average Bonchev–Trinajstić information content (AvgIpc) is 2.21. The molecule has 0 aromatic heterocycles. The minimum atomic E-state index is 0.145. The summed E-state index contributed by atoms with van der Waals surface area (Å²) < 4.78 is 5.04. The molecule has 0 saturated heterocycles. The molecule has 0 aliphatic carbocycles. The molecule has 0 atom stereocenters. The van der Waals surface area contributed by atoms with E-state index in [1.165, 1.54) is 0 Å². The van der Waals surface area contributed by atoms with E-state index in [1.54, 1.807) is 13.2 Å². The Labute approximate surface area is 99.4 Å². The lowest BCUT2D eigenvalue weighted by atomic mass is 9.88. The van der Waals surface area contributed by atoms with Gasteiger partial charge < -0.3 is 9.84 Å². The van der Waals surface area contributed by atoms with E-state index in [1.807, 2.05) is 12.1 Å². The molecule has 0 bridgehead atoms. The van der Waals surface area contributed by atoms with E-state index >= 15 is 0 Å². The molecule has 0 saturated carbocycles. The second-order valence-corrected chi connectivity index (χ2v) is 5.03. The number of benzene rings is 1. The first kappa shape index (κ1) is 12.4. The quantitative estimate of drug-likeness (QED) is 0.852. The minimum Gasteiger partial charge on any atom is -0.508 e. The van der Waals surface area contributed by atoms with Crippen molar-refractivity contribution in [3.63, 3.8) is 0 Å². The molecule has 3 heteroatoms. The van der Waals surface area contributed by atoms with E-state index in [9.17, 15) is 5.11 Å². The van der Waals surface area contributed by atoms with E-state index < -0.39 is 0 Å². The summed E-state index contributed by atoms with van der Waals surface area (Å²) in [6.45, 7) is 4.32. The summed E-state index contributed by atoms with van der Waals surface area (Å²) in [6.07, 6.45) is 0.841. The molecule has 15 heavy (non-hydrogen) atoms. The van der Waals surface area contributed by atoms with Crippen molar-refractivity contribution >= 4 is 15.9 Å². The van der Waals surface area contributed by atoms with Crippen molar-refractivity contribution in [2.24, 2.45) is 5.41 Å². The molecule has 0 spiro atoms. The lowest BCUT2D eigenvalue weighted by Crippen LogP contribution is -2.16. The van der Waals surface area contributed by atoms with Crippen LogP contribution < -0.4 is 4.74 Å². The molecule has 1 rings (SSSR count). The van der Waals surface area contributed by atoms with Crippen LogP contribution in [0.3, 0.4) is 0 Å². The van der Waals surface area contributed by atoms with Gasteiger partial charge in [0.2, 0.25) is 0 Å². The van der Waals surface area contributed by atoms with Crippen molar-refractivity contribution in [3.05, 3.63) is 23.8 Å². The molecule has 1 aromatic carbocycles. The minimum absolute atomic E-state index is 0.145. The smallest absolute Gasteiger partial charge is 0.122 e. The zero-order valence-corrected chi connectivity index (χ0v) is 11.0. The number of phenols is 1. The van der Waals surface area contributed by atoms with Crippen LogP contribution in [-0.4, -0.2) is 17.5 Å². The Morgan fingerprint density at radius 3 is 2.53 bits per heavy atom. The summed E-state index contributed by atoms with van der Waals surface area (Å²) in [4.78, 5) is 0. The number of alkyl halides is 1. The first-order valence-corrected chi connectivity index (χ1v) is 6.02. The van der Waals surface area contributed by atoms with Gasteiger partial charge in [-0.25, -0.2) is 0 Å². The summed E-state index contributed by atoms with van der Waals surface area (Å²) in [5.74, 6) is 0.997. The lowest BCUT2D eigenvalue weighted by Gasteiger charge is -2.22. The zero-order chi connectivity index (χ0) is 11.5. The Morgan fingerprint density at radius 1 is 1.40 bits per heavy atom. The Hall–Kier alpha value is -0.700. The molecule has 0 aliphatic heterocycles. The van der Waals surface area contributed by atoms with Gasteiger partial charge in [-0.1, -0.05) is 35.8 Å². The Kier molecular flexibility index (Phi) is 4.03. The maximum atomic E-state index is 9.79. The maximum Gasteiger partial charge on any atom is 0.122 e. The normalized spacial score (nSPS) is 11.5. The summed E-state index contributed by atoms with van der Waals surface area (Å²) in [5.41, 5.74) is 1.10. The topological polar surface area (TPSA) is 29.5 Å². The van der Waals surface area contributed by atoms with E-state index in [2.05, 4.69) is 29.8 Å². The van der Waals surface area contributed by atoms with Crippen LogP contribution in [0.1, 0.15) is 19.4 Å². The van der Waals surface area contributed by atoms with Gasteiger partial charge in [0, 0.05) is 11.4 Å². The molecule has 0 heterocycles. The van der Waals surface area contributed by atoms with Crippen molar-refractivity contribution in [3.8, 4) is 11.5 Å². The number of hydrogen-bond acceptors (Lipinski definition) is 2. The molecular weight excluding hydrogens is 256 g/mol. The van der Waals surface area contributed by atoms with Crippen LogP contribution >= 0.6 is 15.9 Å². The molecule has 1 N–H and O–H groups in total. The largest absolute Gasteiger partial charge is 0.508 e. The Bertz CT molecular complexity index is 334. The fraction of sp³-hybridized carbons (Fsp3) is 0.500. The van der Waals surface area contributed by atoms with Crippen LogP contribution in [0.5, 0.6) is 11.5 Å². The van der Waals surface area contributed by atoms with Gasteiger partial charge in [-0.05, 0) is 23.5 Å². The van der Waals surface area contributed by atoms with Crippen molar-refractivity contribution in [2.75, 3.05) is 12.4 Å². The van der Waals surface area contributed by atoms with Gasteiger partial charge in [-0.15, -0.1) is 0 Å². The summed E-state index contributed by atoms with van der Waals surface area (Å²) in [5, 5.41) is 10.7. The van der Waals surface area contributed by atoms with Crippen LogP contribution in [0.2, 0.25) is 0 Å². The molecule has 0 amide bonds. The Morgan fingerprint density at radius 2 is 2.07 bits per heavy atom. The van der Waals surface area contributed by atoms with Gasteiger partial charge in [-0.2, -0.15) is 0 Å². The SMILES string of the molecule is COc1ccc(CC(C)(C)CBr)c(O)c1. The predicted molar refractivity (Wildman–Crippen MR) is 65.9 cm³/mol. The third kappa shape index (κ3) is 3.42. The molecule has 0 fully saturated rings.